The van der Waals surface area contributed by atoms with Gasteiger partial charge in [-0.3, -0.25) is 4.79 Å². The van der Waals surface area contributed by atoms with Crippen LogP contribution in [0.3, 0.4) is 0 Å². The fourth-order valence-corrected chi connectivity index (χ4v) is 4.88. The highest BCUT2D eigenvalue weighted by Gasteiger charge is 2.24. The number of likely N-dealkylation sites (N-methyl/N-ethyl adjacent to an activating group) is 2. The summed E-state index contributed by atoms with van der Waals surface area (Å²) in [6.45, 7) is 8.63. The second-order valence-corrected chi connectivity index (χ2v) is 10.5. The molecule has 10 heteroatoms. The standard InChI is InChI=1S/C31H37N7O3/c1-7-29(39)33-24-14-25(28(40-6)15-27(24)37(5)13-12-36(3)4)34-31-32-16-20(2)30(35-31)23-17-38(21-18-41-19-21)26-11-9-8-10-22(23)26/h7-11,14-17,21H,1,12-13,18-19H2,2-6H3,(H,33,39)(H,32,34,35). The quantitative estimate of drug-likeness (QED) is 0.254. The third kappa shape index (κ3) is 5.89. The van der Waals surface area contributed by atoms with E-state index in [1.54, 1.807) is 7.11 Å². The lowest BCUT2D eigenvalue weighted by molar-refractivity contribution is -0.111. The van der Waals surface area contributed by atoms with Gasteiger partial charge in [0.25, 0.3) is 0 Å². The molecule has 1 aliphatic heterocycles. The van der Waals surface area contributed by atoms with Crippen LogP contribution in [0.4, 0.5) is 23.0 Å². The number of rotatable bonds is 11. The predicted octanol–water partition coefficient (Wildman–Crippen LogP) is 4.85. The molecule has 0 atom stereocenters. The Bertz CT molecular complexity index is 1580. The van der Waals surface area contributed by atoms with Gasteiger partial charge >= 0.3 is 0 Å². The second-order valence-electron chi connectivity index (χ2n) is 10.5. The van der Waals surface area contributed by atoms with Gasteiger partial charge in [-0.15, -0.1) is 0 Å². The summed E-state index contributed by atoms with van der Waals surface area (Å²) in [6, 6.07) is 12.4. The average molecular weight is 556 g/mol. The molecular formula is C31H37N7O3. The Balaban J connectivity index is 1.53. The highest BCUT2D eigenvalue weighted by atomic mass is 16.5. The van der Waals surface area contributed by atoms with Crippen LogP contribution in [0, 0.1) is 6.92 Å². The Morgan fingerprint density at radius 1 is 1.20 bits per heavy atom. The molecule has 0 aliphatic carbocycles. The largest absolute Gasteiger partial charge is 0.494 e. The SMILES string of the molecule is C=CC(=O)Nc1cc(Nc2ncc(C)c(-c3cn(C4COC4)c4ccccc34)n2)c(OC)cc1N(C)CCN(C)C. The topological polar surface area (TPSA) is 96.8 Å². The number of nitrogens with one attached hydrogen (secondary N) is 2. The van der Waals surface area contributed by atoms with E-state index in [2.05, 4.69) is 61.0 Å². The van der Waals surface area contributed by atoms with Crippen molar-refractivity contribution in [2.75, 3.05) is 70.1 Å². The maximum atomic E-state index is 12.3. The van der Waals surface area contributed by atoms with Gasteiger partial charge in [0.05, 0.1) is 49.1 Å². The van der Waals surface area contributed by atoms with Gasteiger partial charge in [-0.05, 0) is 44.8 Å². The summed E-state index contributed by atoms with van der Waals surface area (Å²) in [4.78, 5) is 26.0. The lowest BCUT2D eigenvalue weighted by Gasteiger charge is -2.28. The fourth-order valence-electron chi connectivity index (χ4n) is 4.88. The average Bonchev–Trinajstić information content (AvgIpc) is 3.30. The number of aryl methyl sites for hydroxylation is 1. The van der Waals surface area contributed by atoms with Gasteiger partial charge in [0.15, 0.2) is 0 Å². The van der Waals surface area contributed by atoms with Crippen molar-refractivity contribution in [2.45, 2.75) is 13.0 Å². The first kappa shape index (κ1) is 28.1. The van der Waals surface area contributed by atoms with Crippen molar-refractivity contribution < 1.29 is 14.3 Å². The zero-order chi connectivity index (χ0) is 29.1. The smallest absolute Gasteiger partial charge is 0.247 e. The third-order valence-electron chi connectivity index (χ3n) is 7.28. The molecule has 0 radical (unpaired) electrons. The molecule has 3 heterocycles. The van der Waals surface area contributed by atoms with E-state index in [0.29, 0.717) is 42.3 Å². The first-order valence-electron chi connectivity index (χ1n) is 13.6. The molecule has 2 N–H and O–H groups in total. The molecule has 214 valence electrons. The molecule has 2 aromatic carbocycles. The van der Waals surface area contributed by atoms with Crippen LogP contribution in [0.15, 0.2) is 61.4 Å². The number of carbonyl (C=O) groups excluding carboxylic acids is 1. The molecule has 2 aromatic heterocycles. The van der Waals surface area contributed by atoms with Crippen LogP contribution in [0.1, 0.15) is 11.6 Å². The minimum atomic E-state index is -0.300. The molecule has 1 fully saturated rings. The number of ether oxygens (including phenoxy) is 2. The summed E-state index contributed by atoms with van der Waals surface area (Å²) in [5, 5.41) is 7.40. The molecule has 0 unspecified atom stereocenters. The van der Waals surface area contributed by atoms with E-state index in [9.17, 15) is 4.79 Å². The number of hydrogen-bond donors (Lipinski definition) is 2. The van der Waals surface area contributed by atoms with Gasteiger partial charge in [-0.25, -0.2) is 9.97 Å². The molecule has 5 rings (SSSR count). The lowest BCUT2D eigenvalue weighted by atomic mass is 10.1. The number of hydrogen-bond acceptors (Lipinski definition) is 8. The fraction of sp³-hybridized carbons (Fsp3) is 0.323. The summed E-state index contributed by atoms with van der Waals surface area (Å²) in [5.74, 6) is 0.716. The van der Waals surface area contributed by atoms with E-state index in [1.807, 2.05) is 52.5 Å². The van der Waals surface area contributed by atoms with Gasteiger partial charge < -0.3 is 34.5 Å². The lowest BCUT2D eigenvalue weighted by Crippen LogP contribution is -2.30. The van der Waals surface area contributed by atoms with Crippen LogP contribution in [0.2, 0.25) is 0 Å². The van der Waals surface area contributed by atoms with Crippen molar-refractivity contribution in [3.63, 3.8) is 0 Å². The van der Waals surface area contributed by atoms with Crippen molar-refractivity contribution in [3.8, 4) is 17.0 Å². The first-order valence-corrected chi connectivity index (χ1v) is 13.6. The molecule has 0 saturated carbocycles. The number of para-hydroxylation sites is 1. The first-order chi connectivity index (χ1) is 19.8. The number of methoxy groups -OCH3 is 1. The van der Waals surface area contributed by atoms with Gasteiger partial charge in [0.2, 0.25) is 11.9 Å². The molecular weight excluding hydrogens is 518 g/mol. The Hall–Kier alpha value is -4.41. The third-order valence-corrected chi connectivity index (χ3v) is 7.28. The van der Waals surface area contributed by atoms with Crippen molar-refractivity contribution in [1.29, 1.82) is 0 Å². The summed E-state index contributed by atoms with van der Waals surface area (Å²) in [6.07, 6.45) is 5.24. The molecule has 4 aromatic rings. The van der Waals surface area contributed by atoms with Crippen molar-refractivity contribution in [3.05, 3.63) is 67.0 Å². The van der Waals surface area contributed by atoms with Crippen LogP contribution in [-0.2, 0) is 9.53 Å². The predicted molar refractivity (Wildman–Crippen MR) is 164 cm³/mol. The maximum absolute atomic E-state index is 12.3. The van der Waals surface area contributed by atoms with Crippen LogP contribution in [-0.4, -0.2) is 79.9 Å². The summed E-state index contributed by atoms with van der Waals surface area (Å²) >= 11 is 0. The molecule has 0 spiro atoms. The van der Waals surface area contributed by atoms with E-state index in [-0.39, 0.29) is 5.91 Å². The number of aromatic nitrogens is 3. The van der Waals surface area contributed by atoms with Crippen LogP contribution in [0.25, 0.3) is 22.2 Å². The molecule has 1 saturated heterocycles. The molecule has 1 amide bonds. The van der Waals surface area contributed by atoms with E-state index in [1.165, 1.54) is 6.08 Å². The number of amides is 1. The summed E-state index contributed by atoms with van der Waals surface area (Å²) in [7, 11) is 7.65. The minimum Gasteiger partial charge on any atom is -0.494 e. The Morgan fingerprint density at radius 3 is 2.66 bits per heavy atom. The van der Waals surface area contributed by atoms with Crippen molar-refractivity contribution in [2.24, 2.45) is 0 Å². The highest BCUT2D eigenvalue weighted by molar-refractivity contribution is 6.02. The van der Waals surface area contributed by atoms with Gasteiger partial charge in [-0.2, -0.15) is 0 Å². The highest BCUT2D eigenvalue weighted by Crippen LogP contribution is 2.39. The molecule has 10 nitrogen and oxygen atoms in total. The maximum Gasteiger partial charge on any atom is 0.247 e. The van der Waals surface area contributed by atoms with Gasteiger partial charge in [-0.1, -0.05) is 24.8 Å². The van der Waals surface area contributed by atoms with Crippen molar-refractivity contribution in [1.82, 2.24) is 19.4 Å². The second kappa shape index (κ2) is 12.0. The van der Waals surface area contributed by atoms with E-state index < -0.39 is 0 Å². The number of carbonyl (C=O) groups is 1. The Labute approximate surface area is 240 Å². The number of anilines is 4. The van der Waals surface area contributed by atoms with Crippen LogP contribution in [0.5, 0.6) is 5.75 Å². The van der Waals surface area contributed by atoms with Gasteiger partial charge in [0.1, 0.15) is 5.75 Å². The van der Waals surface area contributed by atoms with E-state index in [4.69, 9.17) is 14.5 Å². The summed E-state index contributed by atoms with van der Waals surface area (Å²) < 4.78 is 13.5. The van der Waals surface area contributed by atoms with E-state index in [0.717, 1.165) is 46.5 Å². The molecule has 0 bridgehead atoms. The zero-order valence-corrected chi connectivity index (χ0v) is 24.3. The van der Waals surface area contributed by atoms with Gasteiger partial charge in [0, 0.05) is 55.1 Å². The number of nitrogens with zero attached hydrogens (tertiary/aromatic N) is 5. The minimum absolute atomic E-state index is 0.300. The Kier molecular flexibility index (Phi) is 8.23. The zero-order valence-electron chi connectivity index (χ0n) is 24.3. The van der Waals surface area contributed by atoms with Crippen molar-refractivity contribution >= 4 is 39.8 Å². The molecule has 41 heavy (non-hydrogen) atoms. The monoisotopic (exact) mass is 555 g/mol. The number of fused-ring (bicyclic) bond motifs is 1. The van der Waals surface area contributed by atoms with E-state index >= 15 is 0 Å². The Morgan fingerprint density at radius 2 is 1.98 bits per heavy atom. The number of benzene rings is 2. The molecule has 1 aliphatic rings. The van der Waals surface area contributed by atoms with Crippen LogP contribution >= 0.6 is 0 Å². The van der Waals surface area contributed by atoms with Crippen LogP contribution < -0.4 is 20.3 Å². The normalized spacial score (nSPS) is 13.2. The summed E-state index contributed by atoms with van der Waals surface area (Å²) in [5.41, 5.74) is 6.07.